The molecule has 4 nitrogen and oxygen atoms in total. The quantitative estimate of drug-likeness (QED) is 0.887. The Hall–Kier alpha value is -1.55. The number of carboxylic acids is 1. The van der Waals surface area contributed by atoms with Crippen LogP contribution in [0.2, 0.25) is 0 Å². The monoisotopic (exact) mass is 261 g/mol. The highest BCUT2D eigenvalue weighted by atomic mass is 16.5. The van der Waals surface area contributed by atoms with Gasteiger partial charge in [-0.2, -0.15) is 0 Å². The second-order valence-corrected chi connectivity index (χ2v) is 5.77. The van der Waals surface area contributed by atoms with E-state index in [4.69, 9.17) is 9.84 Å². The van der Waals surface area contributed by atoms with E-state index in [0.717, 1.165) is 50.4 Å². The minimum absolute atomic E-state index is 0.408. The van der Waals surface area contributed by atoms with Crippen LogP contribution < -0.4 is 4.90 Å². The van der Waals surface area contributed by atoms with Crippen LogP contribution >= 0.6 is 0 Å². The molecule has 0 aliphatic carbocycles. The molecule has 0 saturated carbocycles. The van der Waals surface area contributed by atoms with Crippen molar-refractivity contribution in [2.45, 2.75) is 19.8 Å². The molecule has 0 amide bonds. The van der Waals surface area contributed by atoms with E-state index < -0.39 is 5.97 Å². The van der Waals surface area contributed by atoms with Crippen molar-refractivity contribution in [1.82, 2.24) is 0 Å². The smallest absolute Gasteiger partial charge is 0.336 e. The molecule has 4 heteroatoms. The lowest BCUT2D eigenvalue weighted by Crippen LogP contribution is -2.58. The van der Waals surface area contributed by atoms with Gasteiger partial charge in [-0.25, -0.2) is 4.79 Å². The van der Waals surface area contributed by atoms with Gasteiger partial charge < -0.3 is 14.7 Å². The Morgan fingerprint density at radius 1 is 1.32 bits per heavy atom. The van der Waals surface area contributed by atoms with E-state index in [1.54, 1.807) is 6.07 Å². The Morgan fingerprint density at radius 2 is 2.00 bits per heavy atom. The first-order chi connectivity index (χ1) is 9.10. The molecule has 2 heterocycles. The van der Waals surface area contributed by atoms with E-state index in [1.165, 1.54) is 0 Å². The number of aromatic carboxylic acids is 1. The summed E-state index contributed by atoms with van der Waals surface area (Å²) in [4.78, 5) is 13.4. The summed E-state index contributed by atoms with van der Waals surface area (Å²) >= 11 is 0. The maximum absolute atomic E-state index is 11.2. The van der Waals surface area contributed by atoms with Crippen LogP contribution in [0, 0.1) is 12.3 Å². The van der Waals surface area contributed by atoms with Crippen molar-refractivity contribution >= 4 is 11.7 Å². The van der Waals surface area contributed by atoms with Gasteiger partial charge in [0, 0.05) is 37.4 Å². The van der Waals surface area contributed by atoms with Crippen LogP contribution in [0.4, 0.5) is 5.69 Å². The second-order valence-electron chi connectivity index (χ2n) is 5.77. The van der Waals surface area contributed by atoms with Crippen molar-refractivity contribution < 1.29 is 14.6 Å². The average molecular weight is 261 g/mol. The number of rotatable bonds is 2. The molecule has 19 heavy (non-hydrogen) atoms. The Bertz CT molecular complexity index is 498. The van der Waals surface area contributed by atoms with E-state index >= 15 is 0 Å². The summed E-state index contributed by atoms with van der Waals surface area (Å²) < 4.78 is 5.41. The van der Waals surface area contributed by atoms with Gasteiger partial charge in [0.05, 0.1) is 5.56 Å². The van der Waals surface area contributed by atoms with Gasteiger partial charge in [0.2, 0.25) is 0 Å². The van der Waals surface area contributed by atoms with Crippen molar-refractivity contribution in [1.29, 1.82) is 0 Å². The number of ether oxygens (including phenoxy) is 1. The maximum atomic E-state index is 11.2. The van der Waals surface area contributed by atoms with Gasteiger partial charge in [0.15, 0.2) is 0 Å². The number of nitrogens with zero attached hydrogens (tertiary/aromatic N) is 1. The minimum Gasteiger partial charge on any atom is -0.478 e. The molecule has 102 valence electrons. The van der Waals surface area contributed by atoms with E-state index in [2.05, 4.69) is 4.90 Å². The topological polar surface area (TPSA) is 49.8 Å². The highest BCUT2D eigenvalue weighted by molar-refractivity contribution is 5.90. The van der Waals surface area contributed by atoms with Gasteiger partial charge in [0.1, 0.15) is 0 Å². The third-order valence-corrected chi connectivity index (χ3v) is 4.42. The van der Waals surface area contributed by atoms with Crippen molar-refractivity contribution in [3.8, 4) is 0 Å². The summed E-state index contributed by atoms with van der Waals surface area (Å²) in [6, 6.07) is 5.71. The molecule has 2 aliphatic heterocycles. The standard InChI is InChI=1S/C15H19NO3/c1-11-2-3-12(8-13(11)14(17)18)16-9-15(10-16)4-6-19-7-5-15/h2-3,8H,4-7,9-10H2,1H3,(H,17,18). The number of hydrogen-bond donors (Lipinski definition) is 1. The molecule has 1 aromatic rings. The lowest BCUT2D eigenvalue weighted by molar-refractivity contribution is -0.000192. The third kappa shape index (κ3) is 2.21. The Labute approximate surface area is 113 Å². The van der Waals surface area contributed by atoms with Crippen LogP contribution in [0.25, 0.3) is 0 Å². The molecule has 2 aliphatic rings. The second kappa shape index (κ2) is 4.53. The highest BCUT2D eigenvalue weighted by Gasteiger charge is 2.43. The Balaban J connectivity index is 1.74. The Kier molecular flexibility index (Phi) is 2.97. The normalized spacial score (nSPS) is 21.2. The molecular weight excluding hydrogens is 242 g/mol. The Morgan fingerprint density at radius 3 is 2.63 bits per heavy atom. The van der Waals surface area contributed by atoms with Gasteiger partial charge in [-0.3, -0.25) is 0 Å². The number of hydrogen-bond acceptors (Lipinski definition) is 3. The molecule has 1 aromatic carbocycles. The first kappa shape index (κ1) is 12.5. The molecule has 0 radical (unpaired) electrons. The van der Waals surface area contributed by atoms with Crippen molar-refractivity contribution in [3.05, 3.63) is 29.3 Å². The summed E-state index contributed by atoms with van der Waals surface area (Å²) in [5.41, 5.74) is 2.66. The van der Waals surface area contributed by atoms with Gasteiger partial charge in [-0.1, -0.05) is 6.07 Å². The van der Waals surface area contributed by atoms with Crippen LogP contribution in [0.3, 0.4) is 0 Å². The van der Waals surface area contributed by atoms with Crippen molar-refractivity contribution in [3.63, 3.8) is 0 Å². The predicted octanol–water partition coefficient (Wildman–Crippen LogP) is 2.31. The highest BCUT2D eigenvalue weighted by Crippen LogP contribution is 2.42. The van der Waals surface area contributed by atoms with Crippen molar-refractivity contribution in [2.24, 2.45) is 5.41 Å². The molecule has 2 saturated heterocycles. The number of anilines is 1. The zero-order chi connectivity index (χ0) is 13.5. The average Bonchev–Trinajstić information content (AvgIpc) is 2.37. The van der Waals surface area contributed by atoms with Crippen LogP contribution in [-0.4, -0.2) is 37.4 Å². The molecule has 0 atom stereocenters. The molecule has 1 N–H and O–H groups in total. The van der Waals surface area contributed by atoms with Gasteiger partial charge in [0.25, 0.3) is 0 Å². The molecule has 3 rings (SSSR count). The zero-order valence-corrected chi connectivity index (χ0v) is 11.2. The van der Waals surface area contributed by atoms with E-state index in [9.17, 15) is 4.79 Å². The van der Waals surface area contributed by atoms with Crippen LogP contribution in [0.15, 0.2) is 18.2 Å². The predicted molar refractivity (Wildman–Crippen MR) is 72.8 cm³/mol. The molecule has 2 fully saturated rings. The SMILES string of the molecule is Cc1ccc(N2CC3(CCOCC3)C2)cc1C(=O)O. The summed E-state index contributed by atoms with van der Waals surface area (Å²) in [6.07, 6.45) is 2.25. The lowest BCUT2D eigenvalue weighted by Gasteiger charge is -2.53. The zero-order valence-electron chi connectivity index (χ0n) is 11.2. The largest absolute Gasteiger partial charge is 0.478 e. The minimum atomic E-state index is -0.847. The summed E-state index contributed by atoms with van der Waals surface area (Å²) in [7, 11) is 0. The lowest BCUT2D eigenvalue weighted by atomic mass is 9.73. The number of benzene rings is 1. The van der Waals surface area contributed by atoms with E-state index in [0.29, 0.717) is 11.0 Å². The fourth-order valence-electron chi connectivity index (χ4n) is 3.10. The van der Waals surface area contributed by atoms with Crippen LogP contribution in [-0.2, 0) is 4.74 Å². The van der Waals surface area contributed by atoms with E-state index in [-0.39, 0.29) is 0 Å². The number of aryl methyl sites for hydroxylation is 1. The van der Waals surface area contributed by atoms with Gasteiger partial charge in [-0.15, -0.1) is 0 Å². The number of carbonyl (C=O) groups is 1. The maximum Gasteiger partial charge on any atom is 0.336 e. The van der Waals surface area contributed by atoms with E-state index in [1.807, 2.05) is 19.1 Å². The van der Waals surface area contributed by atoms with Crippen LogP contribution in [0.5, 0.6) is 0 Å². The first-order valence-corrected chi connectivity index (χ1v) is 6.76. The molecule has 1 spiro atoms. The summed E-state index contributed by atoms with van der Waals surface area (Å²) in [5, 5.41) is 9.17. The van der Waals surface area contributed by atoms with Gasteiger partial charge >= 0.3 is 5.97 Å². The third-order valence-electron chi connectivity index (χ3n) is 4.42. The summed E-state index contributed by atoms with van der Waals surface area (Å²) in [6.45, 7) is 5.62. The van der Waals surface area contributed by atoms with Gasteiger partial charge in [-0.05, 0) is 37.5 Å². The molecule has 0 unspecified atom stereocenters. The van der Waals surface area contributed by atoms with Crippen molar-refractivity contribution in [2.75, 3.05) is 31.2 Å². The molecular formula is C15H19NO3. The first-order valence-electron chi connectivity index (χ1n) is 6.76. The molecule has 0 aromatic heterocycles. The fraction of sp³-hybridized carbons (Fsp3) is 0.533. The van der Waals surface area contributed by atoms with Crippen LogP contribution in [0.1, 0.15) is 28.8 Å². The molecule has 0 bridgehead atoms. The number of carboxylic acid groups (broad SMARTS) is 1. The summed E-state index contributed by atoms with van der Waals surface area (Å²) in [5.74, 6) is -0.847. The fourth-order valence-corrected chi connectivity index (χ4v) is 3.10.